The highest BCUT2D eigenvalue weighted by Crippen LogP contribution is 2.20. The highest BCUT2D eigenvalue weighted by atomic mass is 16.5. The molecule has 1 saturated heterocycles. The Morgan fingerprint density at radius 3 is 2.50 bits per heavy atom. The van der Waals surface area contributed by atoms with Gasteiger partial charge in [-0.15, -0.1) is 0 Å². The molecule has 3 rings (SSSR count). The minimum atomic E-state index is -0.392. The predicted octanol–water partition coefficient (Wildman–Crippen LogP) is 1.79. The van der Waals surface area contributed by atoms with Crippen LogP contribution in [0.3, 0.4) is 0 Å². The summed E-state index contributed by atoms with van der Waals surface area (Å²) in [5.74, 6) is -0.449. The number of nitrogens with one attached hydrogen (secondary N) is 3. The Kier molecular flexibility index (Phi) is 7.46. The van der Waals surface area contributed by atoms with Crippen LogP contribution in [-0.4, -0.2) is 61.1 Å². The van der Waals surface area contributed by atoms with E-state index in [-0.39, 0.29) is 30.6 Å². The number of likely N-dealkylation sites (tertiary alicyclic amines) is 1. The zero-order valence-electron chi connectivity index (χ0n) is 17.6. The van der Waals surface area contributed by atoms with Gasteiger partial charge in [0.1, 0.15) is 0 Å². The van der Waals surface area contributed by atoms with Crippen LogP contribution in [0.5, 0.6) is 0 Å². The monoisotopic (exact) mass is 414 g/mol. The molecular weight excluding hydrogens is 384 g/mol. The van der Waals surface area contributed by atoms with E-state index in [0.29, 0.717) is 29.8 Å². The maximum absolute atomic E-state index is 12.5. The summed E-state index contributed by atoms with van der Waals surface area (Å²) in [6, 6.07) is 8.66. The highest BCUT2D eigenvalue weighted by molar-refractivity contribution is 5.95. The molecule has 8 nitrogen and oxygen atoms in total. The molecule has 1 fully saturated rings. The minimum Gasteiger partial charge on any atom is -0.463 e. The van der Waals surface area contributed by atoms with Crippen LogP contribution in [0.15, 0.2) is 41.6 Å². The van der Waals surface area contributed by atoms with Crippen molar-refractivity contribution < 1.29 is 19.1 Å². The number of carbonyl (C=O) groups excluding carboxylic acids is 3. The molecule has 0 saturated carbocycles. The lowest BCUT2D eigenvalue weighted by Gasteiger charge is -2.35. The Labute approximate surface area is 177 Å². The zero-order chi connectivity index (χ0) is 21.5. The molecule has 3 N–H and O–H groups in total. The van der Waals surface area contributed by atoms with E-state index < -0.39 is 5.97 Å². The maximum Gasteiger partial charge on any atom is 0.337 e. The minimum absolute atomic E-state index is 0.0576. The van der Waals surface area contributed by atoms with Gasteiger partial charge in [-0.25, -0.2) is 9.59 Å². The molecule has 0 spiro atoms. The number of rotatable bonds is 7. The molecule has 2 aliphatic heterocycles. The average molecular weight is 415 g/mol. The number of piperidine rings is 1. The van der Waals surface area contributed by atoms with Crippen molar-refractivity contribution in [2.24, 2.45) is 0 Å². The van der Waals surface area contributed by atoms with E-state index >= 15 is 0 Å². The van der Waals surface area contributed by atoms with Crippen molar-refractivity contribution in [3.05, 3.63) is 47.2 Å². The lowest BCUT2D eigenvalue weighted by molar-refractivity contribution is -0.139. The van der Waals surface area contributed by atoms with Gasteiger partial charge in [-0.2, -0.15) is 0 Å². The summed E-state index contributed by atoms with van der Waals surface area (Å²) in [5.41, 5.74) is 1.77. The van der Waals surface area contributed by atoms with Gasteiger partial charge >= 0.3 is 12.0 Å². The molecule has 8 heteroatoms. The second kappa shape index (κ2) is 10.2. The number of benzene rings is 1. The van der Waals surface area contributed by atoms with Crippen LogP contribution < -0.4 is 16.0 Å². The molecule has 2 heterocycles. The topological polar surface area (TPSA) is 99.8 Å². The summed E-state index contributed by atoms with van der Waals surface area (Å²) in [5, 5.41) is 8.69. The average Bonchev–Trinajstić information content (AvgIpc) is 2.75. The normalized spacial score (nSPS) is 20.3. The van der Waals surface area contributed by atoms with E-state index in [1.165, 1.54) is 0 Å². The number of carbonyl (C=O) groups is 3. The van der Waals surface area contributed by atoms with E-state index in [1.807, 2.05) is 25.1 Å². The Balaban J connectivity index is 1.61. The van der Waals surface area contributed by atoms with Gasteiger partial charge in [0.05, 0.1) is 18.2 Å². The molecule has 1 unspecified atom stereocenters. The van der Waals surface area contributed by atoms with Crippen molar-refractivity contribution in [1.82, 2.24) is 20.9 Å². The second-order valence-corrected chi connectivity index (χ2v) is 7.56. The summed E-state index contributed by atoms with van der Waals surface area (Å²) in [6.45, 7) is 5.97. The number of ether oxygens (including phenoxy) is 1. The molecule has 0 radical (unpaired) electrons. The molecule has 0 bridgehead atoms. The van der Waals surface area contributed by atoms with Gasteiger partial charge in [0.25, 0.3) is 5.91 Å². The second-order valence-electron chi connectivity index (χ2n) is 7.56. The SMILES string of the molecule is CCOC(=O)C1=C(CN2CCC(NC(=O)c3ccccc3)CC2)NC(=O)NC1CC. The Morgan fingerprint density at radius 2 is 1.87 bits per heavy atom. The van der Waals surface area contributed by atoms with Crippen LogP contribution in [-0.2, 0) is 9.53 Å². The molecule has 3 amide bonds. The Morgan fingerprint density at radius 1 is 1.17 bits per heavy atom. The lowest BCUT2D eigenvalue weighted by Crippen LogP contribution is -2.53. The van der Waals surface area contributed by atoms with Crippen molar-refractivity contribution in [3.8, 4) is 0 Å². The molecule has 30 heavy (non-hydrogen) atoms. The first-order valence-electron chi connectivity index (χ1n) is 10.6. The number of hydrogen-bond donors (Lipinski definition) is 3. The van der Waals surface area contributed by atoms with Crippen LogP contribution in [0, 0.1) is 0 Å². The van der Waals surface area contributed by atoms with Gasteiger partial charge in [0.2, 0.25) is 0 Å². The van der Waals surface area contributed by atoms with Crippen molar-refractivity contribution in [3.63, 3.8) is 0 Å². The summed E-state index contributed by atoms with van der Waals surface area (Å²) in [6.07, 6.45) is 2.23. The Bertz CT molecular complexity index is 801. The quantitative estimate of drug-likeness (QED) is 0.591. The molecule has 2 aliphatic rings. The predicted molar refractivity (Wildman–Crippen MR) is 113 cm³/mol. The third-order valence-corrected chi connectivity index (χ3v) is 5.49. The summed E-state index contributed by atoms with van der Waals surface area (Å²) in [7, 11) is 0. The lowest BCUT2D eigenvalue weighted by atomic mass is 9.98. The van der Waals surface area contributed by atoms with Gasteiger partial charge in [-0.1, -0.05) is 25.1 Å². The van der Waals surface area contributed by atoms with Gasteiger partial charge < -0.3 is 20.7 Å². The van der Waals surface area contributed by atoms with Crippen molar-refractivity contribution >= 4 is 17.9 Å². The molecule has 1 aromatic rings. The highest BCUT2D eigenvalue weighted by Gasteiger charge is 2.33. The van der Waals surface area contributed by atoms with Crippen LogP contribution >= 0.6 is 0 Å². The first-order valence-corrected chi connectivity index (χ1v) is 10.6. The zero-order valence-corrected chi connectivity index (χ0v) is 17.6. The summed E-state index contributed by atoms with van der Waals surface area (Å²) < 4.78 is 5.22. The Hall–Kier alpha value is -2.87. The van der Waals surface area contributed by atoms with E-state index in [2.05, 4.69) is 20.9 Å². The molecule has 1 atom stereocenters. The van der Waals surface area contributed by atoms with Gasteiger partial charge in [-0.3, -0.25) is 9.69 Å². The van der Waals surface area contributed by atoms with Crippen LogP contribution in [0.4, 0.5) is 4.79 Å². The largest absolute Gasteiger partial charge is 0.463 e. The van der Waals surface area contributed by atoms with Gasteiger partial charge in [0.15, 0.2) is 0 Å². The van der Waals surface area contributed by atoms with E-state index in [9.17, 15) is 14.4 Å². The summed E-state index contributed by atoms with van der Waals surface area (Å²) >= 11 is 0. The smallest absolute Gasteiger partial charge is 0.337 e. The van der Waals surface area contributed by atoms with Gasteiger partial charge in [-0.05, 0) is 38.3 Å². The van der Waals surface area contributed by atoms with Crippen LogP contribution in [0.25, 0.3) is 0 Å². The maximum atomic E-state index is 12.5. The number of urea groups is 1. The van der Waals surface area contributed by atoms with Crippen molar-refractivity contribution in [2.75, 3.05) is 26.2 Å². The number of nitrogens with zero attached hydrogens (tertiary/aromatic N) is 1. The third-order valence-electron chi connectivity index (χ3n) is 5.49. The fourth-order valence-electron chi connectivity index (χ4n) is 3.90. The van der Waals surface area contributed by atoms with Gasteiger partial charge in [0, 0.05) is 36.9 Å². The van der Waals surface area contributed by atoms with E-state index in [1.54, 1.807) is 19.1 Å². The fourth-order valence-corrected chi connectivity index (χ4v) is 3.90. The fraction of sp³-hybridized carbons (Fsp3) is 0.500. The number of esters is 1. The van der Waals surface area contributed by atoms with Crippen molar-refractivity contribution in [2.45, 2.75) is 45.2 Å². The van der Waals surface area contributed by atoms with Crippen molar-refractivity contribution in [1.29, 1.82) is 0 Å². The van der Waals surface area contributed by atoms with Crippen LogP contribution in [0.1, 0.15) is 43.5 Å². The van der Waals surface area contributed by atoms with E-state index in [4.69, 9.17) is 4.74 Å². The third kappa shape index (κ3) is 5.38. The molecule has 0 aliphatic carbocycles. The summed E-state index contributed by atoms with van der Waals surface area (Å²) in [4.78, 5) is 39.1. The number of hydrogen-bond acceptors (Lipinski definition) is 5. The first-order chi connectivity index (χ1) is 14.5. The molecular formula is C22H30N4O4. The number of amides is 3. The molecule has 0 aromatic heterocycles. The van der Waals surface area contributed by atoms with E-state index in [0.717, 1.165) is 25.9 Å². The molecule has 1 aromatic carbocycles. The standard InChI is InChI=1S/C22H30N4O4/c1-3-17-19(21(28)30-4-2)18(25-22(29)24-17)14-26-12-10-16(11-13-26)23-20(27)15-8-6-5-7-9-15/h5-9,16-17H,3-4,10-14H2,1-2H3,(H,23,27)(H2,24,25,29). The van der Waals surface area contributed by atoms with Crippen LogP contribution in [0.2, 0.25) is 0 Å². The molecule has 162 valence electrons. The first kappa shape index (κ1) is 21.8.